The summed E-state index contributed by atoms with van der Waals surface area (Å²) in [6.45, 7) is 3.70. The third-order valence-electron chi connectivity index (χ3n) is 3.20. The number of carbonyl (C=O) groups is 1. The molecule has 2 aliphatic rings. The molecule has 0 radical (unpaired) electrons. The maximum Gasteiger partial charge on any atom is 0.236 e. The van der Waals surface area contributed by atoms with Crippen LogP contribution >= 0.6 is 0 Å². The number of carbonyl (C=O) groups excluding carboxylic acids is 1. The molecule has 2 rings (SSSR count). The minimum atomic E-state index is -0.187. The number of rotatable bonds is 4. The molecule has 1 aliphatic carbocycles. The number of hydrogen-bond donors (Lipinski definition) is 2. The second kappa shape index (κ2) is 4.28. The van der Waals surface area contributed by atoms with Gasteiger partial charge in [-0.3, -0.25) is 9.69 Å². The van der Waals surface area contributed by atoms with Crippen molar-refractivity contribution in [1.82, 2.24) is 10.2 Å². The molecule has 0 aromatic rings. The first-order chi connectivity index (χ1) is 6.77. The highest BCUT2D eigenvalue weighted by molar-refractivity contribution is 5.80. The molecule has 80 valence electrons. The number of nitrogens with two attached hydrogens (primary N) is 1. The van der Waals surface area contributed by atoms with Gasteiger partial charge in [0.2, 0.25) is 5.91 Å². The molecule has 4 heteroatoms. The third kappa shape index (κ3) is 2.45. The Hall–Kier alpha value is -0.610. The number of primary amides is 1. The van der Waals surface area contributed by atoms with Crippen molar-refractivity contribution in [2.24, 2.45) is 11.7 Å². The summed E-state index contributed by atoms with van der Waals surface area (Å²) >= 11 is 0. The molecule has 0 aromatic carbocycles. The standard InChI is InChI=1S/C10H19N3O/c11-10(14)9-7-12-4-6-13(9)5-3-8-1-2-8/h8-9,12H,1-7H2,(H2,11,14). The lowest BCUT2D eigenvalue weighted by atomic mass is 10.1. The lowest BCUT2D eigenvalue weighted by Crippen LogP contribution is -2.57. The van der Waals surface area contributed by atoms with Crippen LogP contribution in [-0.2, 0) is 4.79 Å². The summed E-state index contributed by atoms with van der Waals surface area (Å²) in [7, 11) is 0. The zero-order valence-electron chi connectivity index (χ0n) is 8.54. The van der Waals surface area contributed by atoms with Crippen molar-refractivity contribution < 1.29 is 4.79 Å². The van der Waals surface area contributed by atoms with Crippen LogP contribution in [0.15, 0.2) is 0 Å². The highest BCUT2D eigenvalue weighted by Gasteiger charge is 2.28. The van der Waals surface area contributed by atoms with Gasteiger partial charge in [0.15, 0.2) is 0 Å². The van der Waals surface area contributed by atoms with Gasteiger partial charge in [-0.15, -0.1) is 0 Å². The lowest BCUT2D eigenvalue weighted by molar-refractivity contribution is -0.123. The smallest absolute Gasteiger partial charge is 0.236 e. The minimum absolute atomic E-state index is 0.0810. The van der Waals surface area contributed by atoms with Crippen molar-refractivity contribution in [2.75, 3.05) is 26.2 Å². The number of nitrogens with one attached hydrogen (secondary N) is 1. The van der Waals surface area contributed by atoms with Gasteiger partial charge in [0, 0.05) is 19.6 Å². The topological polar surface area (TPSA) is 58.4 Å². The summed E-state index contributed by atoms with van der Waals surface area (Å²) in [5, 5.41) is 3.21. The maximum atomic E-state index is 11.2. The molecule has 1 saturated heterocycles. The summed E-state index contributed by atoms with van der Waals surface area (Å²) in [6, 6.07) is -0.0810. The number of hydrogen-bond acceptors (Lipinski definition) is 3. The summed E-state index contributed by atoms with van der Waals surface area (Å²) in [4.78, 5) is 13.4. The monoisotopic (exact) mass is 197 g/mol. The van der Waals surface area contributed by atoms with Crippen molar-refractivity contribution in [3.05, 3.63) is 0 Å². The summed E-state index contributed by atoms with van der Waals surface area (Å²) in [5.41, 5.74) is 5.36. The fraction of sp³-hybridized carbons (Fsp3) is 0.900. The van der Waals surface area contributed by atoms with E-state index in [4.69, 9.17) is 5.73 Å². The zero-order chi connectivity index (χ0) is 9.97. The first kappa shape index (κ1) is 9.93. The van der Waals surface area contributed by atoms with E-state index in [1.54, 1.807) is 0 Å². The van der Waals surface area contributed by atoms with E-state index in [9.17, 15) is 4.79 Å². The van der Waals surface area contributed by atoms with E-state index in [0.29, 0.717) is 0 Å². The van der Waals surface area contributed by atoms with Crippen molar-refractivity contribution in [3.63, 3.8) is 0 Å². The predicted octanol–water partition coefficient (Wildman–Crippen LogP) is -0.454. The molecule has 1 saturated carbocycles. The van der Waals surface area contributed by atoms with Crippen LogP contribution in [0.3, 0.4) is 0 Å². The number of amides is 1. The minimum Gasteiger partial charge on any atom is -0.368 e. The molecule has 4 nitrogen and oxygen atoms in total. The van der Waals surface area contributed by atoms with E-state index in [0.717, 1.165) is 32.1 Å². The molecule has 0 spiro atoms. The second-order valence-corrected chi connectivity index (χ2v) is 4.39. The first-order valence-corrected chi connectivity index (χ1v) is 5.51. The van der Waals surface area contributed by atoms with Crippen LogP contribution in [0, 0.1) is 5.92 Å². The Morgan fingerprint density at radius 2 is 2.29 bits per heavy atom. The van der Waals surface area contributed by atoms with Gasteiger partial charge < -0.3 is 11.1 Å². The molecule has 1 aliphatic heterocycles. The van der Waals surface area contributed by atoms with E-state index in [1.807, 2.05) is 0 Å². The van der Waals surface area contributed by atoms with Crippen LogP contribution in [0.4, 0.5) is 0 Å². The van der Waals surface area contributed by atoms with Crippen molar-refractivity contribution in [2.45, 2.75) is 25.3 Å². The Morgan fingerprint density at radius 1 is 1.50 bits per heavy atom. The van der Waals surface area contributed by atoms with Crippen LogP contribution in [0.2, 0.25) is 0 Å². The average molecular weight is 197 g/mol. The van der Waals surface area contributed by atoms with E-state index < -0.39 is 0 Å². The van der Waals surface area contributed by atoms with Crippen molar-refractivity contribution >= 4 is 5.91 Å². The fourth-order valence-corrected chi connectivity index (χ4v) is 2.05. The third-order valence-corrected chi connectivity index (χ3v) is 3.20. The fourth-order valence-electron chi connectivity index (χ4n) is 2.05. The summed E-state index contributed by atoms with van der Waals surface area (Å²) in [6.07, 6.45) is 4.00. The summed E-state index contributed by atoms with van der Waals surface area (Å²) < 4.78 is 0. The molecule has 1 heterocycles. The normalized spacial score (nSPS) is 29.0. The van der Waals surface area contributed by atoms with Gasteiger partial charge in [-0.2, -0.15) is 0 Å². The van der Waals surface area contributed by atoms with Gasteiger partial charge in [-0.1, -0.05) is 12.8 Å². The van der Waals surface area contributed by atoms with Crippen LogP contribution in [0.25, 0.3) is 0 Å². The van der Waals surface area contributed by atoms with E-state index >= 15 is 0 Å². The molecule has 1 unspecified atom stereocenters. The van der Waals surface area contributed by atoms with Gasteiger partial charge in [0.25, 0.3) is 0 Å². The van der Waals surface area contributed by atoms with Gasteiger partial charge >= 0.3 is 0 Å². The Labute approximate surface area is 84.8 Å². The van der Waals surface area contributed by atoms with Crippen LogP contribution < -0.4 is 11.1 Å². The highest BCUT2D eigenvalue weighted by Crippen LogP contribution is 2.32. The Balaban J connectivity index is 1.81. The van der Waals surface area contributed by atoms with Crippen LogP contribution in [-0.4, -0.2) is 43.0 Å². The quantitative estimate of drug-likeness (QED) is 0.641. The molecule has 0 aromatic heterocycles. The van der Waals surface area contributed by atoms with E-state index in [1.165, 1.54) is 19.3 Å². The van der Waals surface area contributed by atoms with Crippen LogP contribution in [0.1, 0.15) is 19.3 Å². The molecule has 3 N–H and O–H groups in total. The zero-order valence-corrected chi connectivity index (χ0v) is 8.54. The van der Waals surface area contributed by atoms with Crippen molar-refractivity contribution in [1.29, 1.82) is 0 Å². The van der Waals surface area contributed by atoms with E-state index in [-0.39, 0.29) is 11.9 Å². The average Bonchev–Trinajstić information content (AvgIpc) is 2.98. The summed E-state index contributed by atoms with van der Waals surface area (Å²) in [5.74, 6) is 0.742. The first-order valence-electron chi connectivity index (χ1n) is 5.51. The largest absolute Gasteiger partial charge is 0.368 e. The van der Waals surface area contributed by atoms with Gasteiger partial charge in [-0.05, 0) is 18.9 Å². The van der Waals surface area contributed by atoms with Crippen LogP contribution in [0.5, 0.6) is 0 Å². The molecular weight excluding hydrogens is 178 g/mol. The lowest BCUT2D eigenvalue weighted by Gasteiger charge is -2.34. The maximum absolute atomic E-state index is 11.2. The Kier molecular flexibility index (Phi) is 3.03. The Bertz CT molecular complexity index is 215. The number of nitrogens with zero attached hydrogens (tertiary/aromatic N) is 1. The van der Waals surface area contributed by atoms with Gasteiger partial charge in [0.05, 0.1) is 0 Å². The second-order valence-electron chi connectivity index (χ2n) is 4.39. The molecular formula is C10H19N3O. The van der Waals surface area contributed by atoms with Gasteiger partial charge in [-0.25, -0.2) is 0 Å². The molecule has 1 atom stereocenters. The SMILES string of the molecule is NC(=O)C1CNCCN1CCC1CC1. The molecule has 0 bridgehead atoms. The van der Waals surface area contributed by atoms with Gasteiger partial charge in [0.1, 0.15) is 6.04 Å². The van der Waals surface area contributed by atoms with Crippen molar-refractivity contribution in [3.8, 4) is 0 Å². The highest BCUT2D eigenvalue weighted by atomic mass is 16.1. The van der Waals surface area contributed by atoms with E-state index in [2.05, 4.69) is 10.2 Å². The molecule has 2 fully saturated rings. The predicted molar refractivity (Wildman–Crippen MR) is 54.8 cm³/mol. The molecule has 14 heavy (non-hydrogen) atoms. The Morgan fingerprint density at radius 3 is 2.93 bits per heavy atom. The number of piperazine rings is 1. The molecule has 1 amide bonds.